The number of amides is 3. The molecule has 10 nitrogen and oxygen atoms in total. The number of carbonyl (C=O) groups is 3. The highest BCUT2D eigenvalue weighted by Crippen LogP contribution is 2.31. The van der Waals surface area contributed by atoms with Crippen LogP contribution in [0.2, 0.25) is 0 Å². The number of aryl methyl sites for hydroxylation is 2. The number of aromatic nitrogens is 2. The van der Waals surface area contributed by atoms with Crippen LogP contribution in [-0.4, -0.2) is 62.0 Å². The monoisotopic (exact) mass is 582 g/mol. The molecule has 0 aliphatic carbocycles. The molecule has 4 rings (SSSR count). The average molecular weight is 583 g/mol. The number of benzene rings is 3. The van der Waals surface area contributed by atoms with Crippen LogP contribution in [0.4, 0.5) is 11.6 Å². The average Bonchev–Trinajstić information content (AvgIpc) is 3.35. The van der Waals surface area contributed by atoms with E-state index < -0.39 is 5.91 Å². The highest BCUT2D eigenvalue weighted by atomic mass is 16.5. The molecule has 3 amide bonds. The third-order valence-corrected chi connectivity index (χ3v) is 7.40. The second-order valence-electron chi connectivity index (χ2n) is 10.5. The summed E-state index contributed by atoms with van der Waals surface area (Å²) in [7, 11) is 9.15. The molecular formula is C33H38N6O4. The predicted molar refractivity (Wildman–Crippen MR) is 171 cm³/mol. The second kappa shape index (κ2) is 13.2. The van der Waals surface area contributed by atoms with Crippen LogP contribution in [0, 0.1) is 13.8 Å². The summed E-state index contributed by atoms with van der Waals surface area (Å²) in [5.41, 5.74) is 6.74. The van der Waals surface area contributed by atoms with Gasteiger partial charge in [-0.1, -0.05) is 24.3 Å². The van der Waals surface area contributed by atoms with Crippen LogP contribution in [0.15, 0.2) is 60.7 Å². The Kier molecular flexibility index (Phi) is 9.49. The lowest BCUT2D eigenvalue weighted by Gasteiger charge is -2.23. The molecule has 0 atom stereocenters. The first-order valence-corrected chi connectivity index (χ1v) is 13.9. The number of fused-ring (bicyclic) bond motifs is 1. The number of carbonyl (C=O) groups excluding carboxylic acids is 3. The summed E-state index contributed by atoms with van der Waals surface area (Å²) < 4.78 is 8.32. The predicted octanol–water partition coefficient (Wildman–Crippen LogP) is 3.99. The minimum absolute atomic E-state index is 0.162. The van der Waals surface area contributed by atoms with Crippen LogP contribution in [0.5, 0.6) is 5.75 Å². The Morgan fingerprint density at radius 2 is 1.72 bits per heavy atom. The number of anilines is 2. The van der Waals surface area contributed by atoms with Gasteiger partial charge in [0.25, 0.3) is 5.91 Å². The van der Waals surface area contributed by atoms with Crippen LogP contribution < -0.4 is 25.2 Å². The molecule has 0 spiro atoms. The minimum Gasteiger partial charge on any atom is -0.487 e. The van der Waals surface area contributed by atoms with Crippen LogP contribution in [-0.2, 0) is 23.2 Å². The van der Waals surface area contributed by atoms with Crippen molar-refractivity contribution in [1.82, 2.24) is 20.2 Å². The van der Waals surface area contributed by atoms with Crippen molar-refractivity contribution in [2.75, 3.05) is 44.5 Å². The van der Waals surface area contributed by atoms with E-state index in [2.05, 4.69) is 10.6 Å². The number of ether oxygens (including phenoxy) is 1. The zero-order chi connectivity index (χ0) is 31.3. The SMILES string of the molecule is CNC(=O)c1ccc(C=CC(=O)NCC(=O)N(C)c2ccc(C)c(COc3cccc4c3nc(N(C)C)n4C)c2C)cc1. The molecule has 1 heterocycles. The summed E-state index contributed by atoms with van der Waals surface area (Å²) in [5.74, 6) is 0.686. The van der Waals surface area contributed by atoms with Gasteiger partial charge < -0.3 is 29.7 Å². The second-order valence-corrected chi connectivity index (χ2v) is 10.5. The molecule has 1 aromatic heterocycles. The number of rotatable bonds is 10. The molecule has 43 heavy (non-hydrogen) atoms. The standard InChI is InChI=1S/C33H38N6O4/c1-21-11-17-26(22(2)25(21)20-43-28-10-8-9-27-31(28)36-33(37(4)5)39(27)7)38(6)30(41)19-35-29(40)18-14-23-12-15-24(16-13-23)32(42)34-3/h8-18H,19-20H2,1-7H3,(H,34,42)(H,35,40). The van der Waals surface area contributed by atoms with Crippen LogP contribution in [0.25, 0.3) is 17.1 Å². The number of hydrogen-bond acceptors (Lipinski definition) is 6. The lowest BCUT2D eigenvalue weighted by molar-refractivity contribution is -0.122. The van der Waals surface area contributed by atoms with Gasteiger partial charge in [0.05, 0.1) is 12.1 Å². The molecule has 0 radical (unpaired) electrons. The Bertz CT molecular complexity index is 1690. The van der Waals surface area contributed by atoms with Gasteiger partial charge in [0.15, 0.2) is 0 Å². The summed E-state index contributed by atoms with van der Waals surface area (Å²) in [6.45, 7) is 4.13. The Morgan fingerprint density at radius 3 is 2.40 bits per heavy atom. The smallest absolute Gasteiger partial charge is 0.251 e. The maximum atomic E-state index is 13.0. The number of hydrogen-bond donors (Lipinski definition) is 2. The van der Waals surface area contributed by atoms with Gasteiger partial charge in [0, 0.05) is 52.6 Å². The van der Waals surface area contributed by atoms with Crippen LogP contribution in [0.3, 0.4) is 0 Å². The van der Waals surface area contributed by atoms with Crippen molar-refractivity contribution < 1.29 is 19.1 Å². The fraction of sp³-hybridized carbons (Fsp3) is 0.273. The van der Waals surface area contributed by atoms with E-state index in [1.807, 2.05) is 74.8 Å². The molecule has 0 fully saturated rings. The number of nitrogens with zero attached hydrogens (tertiary/aromatic N) is 4. The first-order valence-electron chi connectivity index (χ1n) is 13.9. The van der Waals surface area contributed by atoms with E-state index in [-0.39, 0.29) is 18.4 Å². The minimum atomic E-state index is -0.395. The van der Waals surface area contributed by atoms with Gasteiger partial charge in [0.2, 0.25) is 17.8 Å². The molecule has 10 heteroatoms. The number of likely N-dealkylation sites (N-methyl/N-ethyl adjacent to an activating group) is 1. The number of imidazole rings is 1. The van der Waals surface area contributed by atoms with Crippen LogP contribution >= 0.6 is 0 Å². The van der Waals surface area contributed by atoms with Gasteiger partial charge in [-0.25, -0.2) is 4.98 Å². The van der Waals surface area contributed by atoms with Crippen LogP contribution in [0.1, 0.15) is 32.6 Å². The summed E-state index contributed by atoms with van der Waals surface area (Å²) in [4.78, 5) is 45.4. The normalized spacial score (nSPS) is 11.0. The van der Waals surface area contributed by atoms with Crippen molar-refractivity contribution in [2.24, 2.45) is 7.05 Å². The van der Waals surface area contributed by atoms with E-state index in [1.165, 1.54) is 6.08 Å². The lowest BCUT2D eigenvalue weighted by atomic mass is 10.0. The largest absolute Gasteiger partial charge is 0.487 e. The van der Waals surface area contributed by atoms with E-state index in [0.717, 1.165) is 44.9 Å². The number of nitrogens with one attached hydrogen (secondary N) is 2. The van der Waals surface area contributed by atoms with Crippen molar-refractivity contribution in [3.8, 4) is 5.75 Å². The summed E-state index contributed by atoms with van der Waals surface area (Å²) in [6, 6.07) is 16.6. The van der Waals surface area contributed by atoms with E-state index in [4.69, 9.17) is 9.72 Å². The molecular weight excluding hydrogens is 544 g/mol. The maximum absolute atomic E-state index is 13.0. The van der Waals surface area contributed by atoms with Gasteiger partial charge in [-0.3, -0.25) is 14.4 Å². The molecule has 224 valence electrons. The van der Waals surface area contributed by atoms with E-state index in [0.29, 0.717) is 17.9 Å². The quantitative estimate of drug-likeness (QED) is 0.274. The fourth-order valence-corrected chi connectivity index (χ4v) is 4.84. The zero-order valence-corrected chi connectivity index (χ0v) is 25.7. The molecule has 4 aromatic rings. The molecule has 3 aromatic carbocycles. The fourth-order valence-electron chi connectivity index (χ4n) is 4.84. The maximum Gasteiger partial charge on any atom is 0.251 e. The molecule has 0 saturated heterocycles. The van der Waals surface area contributed by atoms with Gasteiger partial charge in [0.1, 0.15) is 17.9 Å². The lowest BCUT2D eigenvalue weighted by Crippen LogP contribution is -2.38. The molecule has 2 N–H and O–H groups in total. The molecule has 0 aliphatic rings. The first kappa shape index (κ1) is 30.8. The van der Waals surface area contributed by atoms with E-state index >= 15 is 0 Å². The highest BCUT2D eigenvalue weighted by molar-refractivity contribution is 5.99. The zero-order valence-electron chi connectivity index (χ0n) is 25.7. The van der Waals surface area contributed by atoms with Gasteiger partial charge in [-0.15, -0.1) is 0 Å². The van der Waals surface area contributed by atoms with Gasteiger partial charge in [-0.05, 0) is 72.5 Å². The molecule has 0 aliphatic heterocycles. The van der Waals surface area contributed by atoms with Crippen molar-refractivity contribution >= 4 is 46.5 Å². The molecule has 0 bridgehead atoms. The Hall–Kier alpha value is -5.12. The third-order valence-electron chi connectivity index (χ3n) is 7.40. The summed E-state index contributed by atoms with van der Waals surface area (Å²) in [6.07, 6.45) is 2.98. The Labute approximate surface area is 252 Å². The van der Waals surface area contributed by atoms with Crippen molar-refractivity contribution in [1.29, 1.82) is 0 Å². The van der Waals surface area contributed by atoms with Gasteiger partial charge in [-0.2, -0.15) is 0 Å². The molecule has 0 unspecified atom stereocenters. The first-order chi connectivity index (χ1) is 20.5. The Balaban J connectivity index is 1.40. The summed E-state index contributed by atoms with van der Waals surface area (Å²) >= 11 is 0. The van der Waals surface area contributed by atoms with Crippen molar-refractivity contribution in [3.63, 3.8) is 0 Å². The topological polar surface area (TPSA) is 109 Å². The highest BCUT2D eigenvalue weighted by Gasteiger charge is 2.18. The van der Waals surface area contributed by atoms with E-state index in [1.54, 1.807) is 49.3 Å². The molecule has 0 saturated carbocycles. The van der Waals surface area contributed by atoms with E-state index in [9.17, 15) is 14.4 Å². The Morgan fingerprint density at radius 1 is 1.00 bits per heavy atom. The number of para-hydroxylation sites is 1. The third kappa shape index (κ3) is 6.86. The summed E-state index contributed by atoms with van der Waals surface area (Å²) in [5, 5.41) is 5.21. The van der Waals surface area contributed by atoms with Crippen molar-refractivity contribution in [2.45, 2.75) is 20.5 Å². The van der Waals surface area contributed by atoms with Gasteiger partial charge >= 0.3 is 0 Å². The van der Waals surface area contributed by atoms with Crippen molar-refractivity contribution in [3.05, 3.63) is 88.5 Å².